The van der Waals surface area contributed by atoms with E-state index in [9.17, 15) is 4.79 Å². The summed E-state index contributed by atoms with van der Waals surface area (Å²) in [6, 6.07) is 10.3. The molecule has 1 aliphatic rings. The molecule has 3 heteroatoms. The zero-order chi connectivity index (χ0) is 13.5. The van der Waals surface area contributed by atoms with Crippen molar-refractivity contribution < 1.29 is 4.79 Å². The van der Waals surface area contributed by atoms with Crippen molar-refractivity contribution in [3.05, 3.63) is 42.0 Å². The van der Waals surface area contributed by atoms with Crippen molar-refractivity contribution >= 4 is 12.0 Å². The van der Waals surface area contributed by atoms with E-state index in [1.807, 2.05) is 17.9 Å². The predicted octanol–water partition coefficient (Wildman–Crippen LogP) is 2.25. The third kappa shape index (κ3) is 4.21. The van der Waals surface area contributed by atoms with Crippen LogP contribution < -0.4 is 0 Å². The summed E-state index contributed by atoms with van der Waals surface area (Å²) >= 11 is 0. The average molecular weight is 258 g/mol. The lowest BCUT2D eigenvalue weighted by Crippen LogP contribution is -2.48. The summed E-state index contributed by atoms with van der Waals surface area (Å²) in [6.45, 7) is 6.58. The summed E-state index contributed by atoms with van der Waals surface area (Å²) in [5, 5.41) is 0. The van der Waals surface area contributed by atoms with Gasteiger partial charge < -0.3 is 4.90 Å². The van der Waals surface area contributed by atoms with Crippen LogP contribution in [0, 0.1) is 0 Å². The minimum atomic E-state index is 0.277. The summed E-state index contributed by atoms with van der Waals surface area (Å²) in [4.78, 5) is 15.9. The lowest BCUT2D eigenvalue weighted by molar-refractivity contribution is -0.132. The lowest BCUT2D eigenvalue weighted by Gasteiger charge is -2.34. The van der Waals surface area contributed by atoms with Crippen molar-refractivity contribution in [2.75, 3.05) is 32.7 Å². The van der Waals surface area contributed by atoms with Crippen LogP contribution >= 0.6 is 0 Å². The predicted molar refractivity (Wildman–Crippen MR) is 78.8 cm³/mol. The second-order valence-electron chi connectivity index (χ2n) is 4.85. The normalized spacial score (nSPS) is 17.0. The number of nitrogens with zero attached hydrogens (tertiary/aromatic N) is 2. The maximum absolute atomic E-state index is 11.6. The number of carbonyl (C=O) groups excluding carboxylic acids is 1. The Balaban J connectivity index is 1.74. The number of rotatable bonds is 4. The number of hydrogen-bond donors (Lipinski definition) is 0. The molecule has 1 aliphatic heterocycles. The molecule has 0 spiro atoms. The molecule has 0 unspecified atom stereocenters. The second kappa shape index (κ2) is 7.10. The molecule has 1 aromatic rings. The first kappa shape index (κ1) is 13.8. The second-order valence-corrected chi connectivity index (χ2v) is 4.85. The summed E-state index contributed by atoms with van der Waals surface area (Å²) in [7, 11) is 0. The van der Waals surface area contributed by atoms with Crippen LogP contribution in [0.5, 0.6) is 0 Å². The van der Waals surface area contributed by atoms with Gasteiger partial charge in [-0.15, -0.1) is 0 Å². The third-order valence-electron chi connectivity index (χ3n) is 3.50. The van der Waals surface area contributed by atoms with Crippen LogP contribution in [0.3, 0.4) is 0 Å². The van der Waals surface area contributed by atoms with Gasteiger partial charge in [0.25, 0.3) is 0 Å². The van der Waals surface area contributed by atoms with Gasteiger partial charge in [0.2, 0.25) is 5.91 Å². The van der Waals surface area contributed by atoms with Gasteiger partial charge in [-0.1, -0.05) is 49.4 Å². The molecule has 0 aromatic heterocycles. The number of amides is 1. The maximum atomic E-state index is 11.6. The van der Waals surface area contributed by atoms with Crippen LogP contribution in [0.25, 0.3) is 6.08 Å². The van der Waals surface area contributed by atoms with Gasteiger partial charge in [-0.05, 0) is 5.56 Å². The standard InChI is InChI=1S/C16H22N2O/c1-2-16(19)18-13-11-17(12-14-18)10-6-9-15-7-4-3-5-8-15/h3-9H,2,10-14H2,1H3/b9-6+. The molecular weight excluding hydrogens is 236 g/mol. The van der Waals surface area contributed by atoms with E-state index >= 15 is 0 Å². The number of benzene rings is 1. The minimum Gasteiger partial charge on any atom is -0.340 e. The van der Waals surface area contributed by atoms with Gasteiger partial charge in [-0.25, -0.2) is 0 Å². The van der Waals surface area contributed by atoms with Crippen LogP contribution in [-0.2, 0) is 4.79 Å². The molecule has 102 valence electrons. The number of hydrogen-bond acceptors (Lipinski definition) is 2. The smallest absolute Gasteiger partial charge is 0.222 e. The molecule has 0 aliphatic carbocycles. The molecule has 0 atom stereocenters. The molecule has 1 fully saturated rings. The Morgan fingerprint density at radius 1 is 1.16 bits per heavy atom. The van der Waals surface area contributed by atoms with E-state index in [2.05, 4.69) is 41.3 Å². The summed E-state index contributed by atoms with van der Waals surface area (Å²) < 4.78 is 0. The Hall–Kier alpha value is -1.61. The molecule has 1 heterocycles. The van der Waals surface area contributed by atoms with Crippen molar-refractivity contribution in [3.63, 3.8) is 0 Å². The fourth-order valence-electron chi connectivity index (χ4n) is 2.31. The molecule has 0 N–H and O–H groups in total. The highest BCUT2D eigenvalue weighted by molar-refractivity contribution is 5.75. The van der Waals surface area contributed by atoms with E-state index in [0.29, 0.717) is 6.42 Å². The van der Waals surface area contributed by atoms with Gasteiger partial charge in [-0.3, -0.25) is 9.69 Å². The Labute approximate surface area is 115 Å². The van der Waals surface area contributed by atoms with Crippen molar-refractivity contribution in [2.45, 2.75) is 13.3 Å². The highest BCUT2D eigenvalue weighted by Crippen LogP contribution is 2.05. The van der Waals surface area contributed by atoms with Crippen LogP contribution in [0.15, 0.2) is 36.4 Å². The summed E-state index contributed by atoms with van der Waals surface area (Å²) in [5.74, 6) is 0.277. The van der Waals surface area contributed by atoms with Crippen LogP contribution in [-0.4, -0.2) is 48.4 Å². The topological polar surface area (TPSA) is 23.6 Å². The molecule has 1 saturated heterocycles. The molecule has 1 amide bonds. The Morgan fingerprint density at radius 3 is 2.47 bits per heavy atom. The number of carbonyl (C=O) groups is 1. The summed E-state index contributed by atoms with van der Waals surface area (Å²) in [5.41, 5.74) is 1.24. The van der Waals surface area contributed by atoms with Crippen molar-refractivity contribution in [3.8, 4) is 0 Å². The first-order valence-electron chi connectivity index (χ1n) is 7.01. The highest BCUT2D eigenvalue weighted by atomic mass is 16.2. The Kier molecular flexibility index (Phi) is 5.16. The van der Waals surface area contributed by atoms with Gasteiger partial charge in [0.1, 0.15) is 0 Å². The zero-order valence-corrected chi connectivity index (χ0v) is 11.6. The van der Waals surface area contributed by atoms with Crippen LogP contribution in [0.2, 0.25) is 0 Å². The highest BCUT2D eigenvalue weighted by Gasteiger charge is 2.18. The third-order valence-corrected chi connectivity index (χ3v) is 3.50. The van der Waals surface area contributed by atoms with E-state index in [1.54, 1.807) is 0 Å². The summed E-state index contributed by atoms with van der Waals surface area (Å²) in [6.07, 6.45) is 4.98. The zero-order valence-electron chi connectivity index (χ0n) is 11.6. The van der Waals surface area contributed by atoms with E-state index < -0.39 is 0 Å². The van der Waals surface area contributed by atoms with Gasteiger partial charge in [0.05, 0.1) is 0 Å². The fourth-order valence-corrected chi connectivity index (χ4v) is 2.31. The molecule has 19 heavy (non-hydrogen) atoms. The molecular formula is C16H22N2O. The fraction of sp³-hybridized carbons (Fsp3) is 0.438. The Bertz CT molecular complexity index is 420. The van der Waals surface area contributed by atoms with Crippen molar-refractivity contribution in [1.29, 1.82) is 0 Å². The van der Waals surface area contributed by atoms with Gasteiger partial charge in [-0.2, -0.15) is 0 Å². The van der Waals surface area contributed by atoms with Crippen molar-refractivity contribution in [2.24, 2.45) is 0 Å². The van der Waals surface area contributed by atoms with E-state index in [0.717, 1.165) is 32.7 Å². The van der Waals surface area contributed by atoms with Gasteiger partial charge in [0, 0.05) is 39.1 Å². The number of piperazine rings is 1. The molecule has 2 rings (SSSR count). The van der Waals surface area contributed by atoms with Crippen LogP contribution in [0.4, 0.5) is 0 Å². The SMILES string of the molecule is CCC(=O)N1CCN(C/C=C/c2ccccc2)CC1. The maximum Gasteiger partial charge on any atom is 0.222 e. The molecule has 0 radical (unpaired) electrons. The van der Waals surface area contributed by atoms with Crippen LogP contribution in [0.1, 0.15) is 18.9 Å². The van der Waals surface area contributed by atoms with E-state index in [4.69, 9.17) is 0 Å². The van der Waals surface area contributed by atoms with Crippen molar-refractivity contribution in [1.82, 2.24) is 9.80 Å². The van der Waals surface area contributed by atoms with Gasteiger partial charge >= 0.3 is 0 Å². The first-order chi connectivity index (χ1) is 9.29. The molecule has 1 aromatic carbocycles. The quantitative estimate of drug-likeness (QED) is 0.827. The Morgan fingerprint density at radius 2 is 1.84 bits per heavy atom. The average Bonchev–Trinajstić information content (AvgIpc) is 2.48. The largest absolute Gasteiger partial charge is 0.340 e. The molecule has 0 saturated carbocycles. The molecule has 0 bridgehead atoms. The minimum absolute atomic E-state index is 0.277. The van der Waals surface area contributed by atoms with Gasteiger partial charge in [0.15, 0.2) is 0 Å². The van der Waals surface area contributed by atoms with E-state index in [-0.39, 0.29) is 5.91 Å². The molecule has 3 nitrogen and oxygen atoms in total. The monoisotopic (exact) mass is 258 g/mol. The first-order valence-corrected chi connectivity index (χ1v) is 7.01. The van der Waals surface area contributed by atoms with E-state index in [1.165, 1.54) is 5.56 Å². The lowest BCUT2D eigenvalue weighted by atomic mass is 10.2.